The number of hydrazone groups is 1. The van der Waals surface area contributed by atoms with Crippen molar-refractivity contribution in [3.63, 3.8) is 0 Å². The number of hydrogen-bond acceptors (Lipinski definition) is 7. The minimum absolute atomic E-state index is 0.00343. The Morgan fingerprint density at radius 1 is 1.12 bits per heavy atom. The van der Waals surface area contributed by atoms with Crippen molar-refractivity contribution in [3.05, 3.63) is 51.1 Å². The first-order valence-electron chi connectivity index (χ1n) is 10.2. The maximum Gasteiger partial charge on any atom is 0.344 e. The minimum Gasteiger partial charge on any atom is -0.493 e. The third-order valence-electron chi connectivity index (χ3n) is 4.29. The molecular weight excluding hydrogens is 541 g/mol. The Morgan fingerprint density at radius 3 is 2.55 bits per heavy atom. The number of anilines is 1. The van der Waals surface area contributed by atoms with E-state index in [1.165, 1.54) is 13.3 Å². The van der Waals surface area contributed by atoms with Crippen LogP contribution < -0.4 is 20.2 Å². The van der Waals surface area contributed by atoms with Gasteiger partial charge in [-0.3, -0.25) is 9.59 Å². The molecule has 10 heteroatoms. The average molecular weight is 567 g/mol. The Morgan fingerprint density at radius 2 is 1.85 bits per heavy atom. The standard InChI is InChI=1S/C23H26IN3O6/c1-4-32-22(30)14-33-23-17(24)11-16(12-19(23)31-3)13-25-27-21(29)10-9-20(28)26-18-8-6-5-7-15(18)2/h5-8,11-13H,4,9-10,14H2,1-3H3,(H,26,28)(H,27,29). The van der Waals surface area contributed by atoms with Gasteiger partial charge in [-0.1, -0.05) is 18.2 Å². The molecule has 9 nitrogen and oxygen atoms in total. The fourth-order valence-electron chi connectivity index (χ4n) is 2.68. The predicted molar refractivity (Wildman–Crippen MR) is 133 cm³/mol. The summed E-state index contributed by atoms with van der Waals surface area (Å²) in [6.45, 7) is 3.65. The number of ether oxygens (including phenoxy) is 3. The Bertz CT molecular complexity index is 1030. The lowest BCUT2D eigenvalue weighted by Crippen LogP contribution is -2.20. The highest BCUT2D eigenvalue weighted by Crippen LogP contribution is 2.33. The van der Waals surface area contributed by atoms with Crippen molar-refractivity contribution in [3.8, 4) is 11.5 Å². The Hall–Kier alpha value is -3.15. The molecule has 0 unspecified atom stereocenters. The molecule has 0 bridgehead atoms. The maximum absolute atomic E-state index is 12.1. The lowest BCUT2D eigenvalue weighted by molar-refractivity contribution is -0.145. The fourth-order valence-corrected chi connectivity index (χ4v) is 3.46. The largest absolute Gasteiger partial charge is 0.493 e. The molecule has 0 aliphatic rings. The molecule has 2 N–H and O–H groups in total. The summed E-state index contributed by atoms with van der Waals surface area (Å²) in [5.41, 5.74) is 4.72. The first-order chi connectivity index (χ1) is 15.8. The van der Waals surface area contributed by atoms with E-state index in [0.717, 1.165) is 11.3 Å². The normalized spacial score (nSPS) is 10.5. The smallest absolute Gasteiger partial charge is 0.344 e. The molecule has 2 aromatic carbocycles. The van der Waals surface area contributed by atoms with E-state index in [4.69, 9.17) is 14.2 Å². The number of rotatable bonds is 11. The quantitative estimate of drug-likeness (QED) is 0.186. The zero-order valence-corrected chi connectivity index (χ0v) is 20.8. The van der Waals surface area contributed by atoms with Crippen molar-refractivity contribution >= 4 is 52.3 Å². The molecule has 0 spiro atoms. The fraction of sp³-hybridized carbons (Fsp3) is 0.304. The summed E-state index contributed by atoms with van der Waals surface area (Å²) in [6.07, 6.45) is 1.48. The van der Waals surface area contributed by atoms with Gasteiger partial charge in [-0.25, -0.2) is 10.2 Å². The average Bonchev–Trinajstić information content (AvgIpc) is 2.78. The monoisotopic (exact) mass is 567 g/mol. The van der Waals surface area contributed by atoms with Crippen LogP contribution in [0, 0.1) is 10.5 Å². The summed E-state index contributed by atoms with van der Waals surface area (Å²) in [7, 11) is 1.48. The van der Waals surface area contributed by atoms with Crippen LogP contribution >= 0.6 is 22.6 Å². The van der Waals surface area contributed by atoms with E-state index in [1.807, 2.05) is 47.7 Å². The molecule has 0 aliphatic carbocycles. The molecule has 0 heterocycles. The van der Waals surface area contributed by atoms with E-state index in [-0.39, 0.29) is 37.9 Å². The summed E-state index contributed by atoms with van der Waals surface area (Å²) >= 11 is 2.05. The summed E-state index contributed by atoms with van der Waals surface area (Å²) in [6, 6.07) is 10.8. The number of esters is 1. The number of methoxy groups -OCH3 is 1. The van der Waals surface area contributed by atoms with Crippen LogP contribution in [-0.4, -0.2) is 44.3 Å². The van der Waals surface area contributed by atoms with Crippen LogP contribution in [0.1, 0.15) is 30.9 Å². The summed E-state index contributed by atoms with van der Waals surface area (Å²) < 4.78 is 16.4. The number of hydrogen-bond donors (Lipinski definition) is 2. The first kappa shape index (κ1) is 26.1. The Kier molecular flexibility index (Phi) is 10.6. The van der Waals surface area contributed by atoms with Crippen LogP contribution in [0.3, 0.4) is 0 Å². The third kappa shape index (κ3) is 8.72. The summed E-state index contributed by atoms with van der Waals surface area (Å²) in [5.74, 6) is -0.293. The molecule has 176 valence electrons. The predicted octanol–water partition coefficient (Wildman–Crippen LogP) is 3.42. The van der Waals surface area contributed by atoms with Crippen LogP contribution in [0.25, 0.3) is 0 Å². The van der Waals surface area contributed by atoms with Gasteiger partial charge in [0.05, 0.1) is 23.5 Å². The van der Waals surface area contributed by atoms with Gasteiger partial charge in [0.2, 0.25) is 11.8 Å². The van der Waals surface area contributed by atoms with E-state index in [1.54, 1.807) is 25.1 Å². The molecule has 2 amide bonds. The topological polar surface area (TPSA) is 115 Å². The summed E-state index contributed by atoms with van der Waals surface area (Å²) in [5, 5.41) is 6.72. The van der Waals surface area contributed by atoms with Gasteiger partial charge < -0.3 is 19.5 Å². The van der Waals surface area contributed by atoms with Crippen molar-refractivity contribution in [2.45, 2.75) is 26.7 Å². The second-order valence-electron chi connectivity index (χ2n) is 6.78. The number of benzene rings is 2. The molecule has 33 heavy (non-hydrogen) atoms. The van der Waals surface area contributed by atoms with Crippen molar-refractivity contribution in [2.75, 3.05) is 25.6 Å². The third-order valence-corrected chi connectivity index (χ3v) is 5.09. The van der Waals surface area contributed by atoms with E-state index in [9.17, 15) is 14.4 Å². The Labute approximate surface area is 206 Å². The van der Waals surface area contributed by atoms with Gasteiger partial charge in [0.15, 0.2) is 18.1 Å². The van der Waals surface area contributed by atoms with Gasteiger partial charge in [-0.15, -0.1) is 0 Å². The zero-order chi connectivity index (χ0) is 24.2. The van der Waals surface area contributed by atoms with Crippen LogP contribution in [0.4, 0.5) is 5.69 Å². The van der Waals surface area contributed by atoms with Gasteiger partial charge in [-0.05, 0) is 65.8 Å². The highest BCUT2D eigenvalue weighted by Gasteiger charge is 2.14. The molecule has 0 aliphatic heterocycles. The number of carbonyl (C=O) groups is 3. The number of aryl methyl sites for hydroxylation is 1. The molecule has 0 radical (unpaired) electrons. The molecule has 0 aromatic heterocycles. The molecule has 2 aromatic rings. The zero-order valence-electron chi connectivity index (χ0n) is 18.6. The molecule has 0 fully saturated rings. The van der Waals surface area contributed by atoms with Gasteiger partial charge in [-0.2, -0.15) is 5.10 Å². The highest BCUT2D eigenvalue weighted by atomic mass is 127. The number of nitrogens with one attached hydrogen (secondary N) is 2. The lowest BCUT2D eigenvalue weighted by atomic mass is 10.2. The number of amides is 2. The van der Waals surface area contributed by atoms with Crippen molar-refractivity contribution < 1.29 is 28.6 Å². The lowest BCUT2D eigenvalue weighted by Gasteiger charge is -2.13. The Balaban J connectivity index is 1.87. The molecule has 0 saturated carbocycles. The first-order valence-corrected chi connectivity index (χ1v) is 11.2. The highest BCUT2D eigenvalue weighted by molar-refractivity contribution is 14.1. The summed E-state index contributed by atoms with van der Waals surface area (Å²) in [4.78, 5) is 35.6. The van der Waals surface area contributed by atoms with Gasteiger partial charge >= 0.3 is 5.97 Å². The SMILES string of the molecule is CCOC(=O)COc1c(I)cc(C=NNC(=O)CCC(=O)Nc2ccccc2C)cc1OC. The van der Waals surface area contributed by atoms with E-state index >= 15 is 0 Å². The van der Waals surface area contributed by atoms with Crippen LogP contribution in [0.5, 0.6) is 11.5 Å². The van der Waals surface area contributed by atoms with Crippen molar-refractivity contribution in [2.24, 2.45) is 5.10 Å². The van der Waals surface area contributed by atoms with E-state index in [2.05, 4.69) is 15.8 Å². The molecule has 2 rings (SSSR count). The van der Waals surface area contributed by atoms with Crippen molar-refractivity contribution in [1.82, 2.24) is 5.43 Å². The molecular formula is C23H26IN3O6. The second-order valence-corrected chi connectivity index (χ2v) is 7.95. The van der Waals surface area contributed by atoms with E-state index in [0.29, 0.717) is 20.6 Å². The van der Waals surface area contributed by atoms with Crippen LogP contribution in [0.15, 0.2) is 41.5 Å². The number of nitrogens with zero attached hydrogens (tertiary/aromatic N) is 1. The van der Waals surface area contributed by atoms with Gasteiger partial charge in [0, 0.05) is 18.5 Å². The molecule has 0 atom stereocenters. The van der Waals surface area contributed by atoms with Crippen LogP contribution in [-0.2, 0) is 19.1 Å². The van der Waals surface area contributed by atoms with Gasteiger partial charge in [0.1, 0.15) is 0 Å². The second kappa shape index (κ2) is 13.4. The number of carbonyl (C=O) groups excluding carboxylic acids is 3. The number of halogens is 1. The number of para-hydroxylation sites is 1. The minimum atomic E-state index is -0.476. The molecule has 0 saturated heterocycles. The van der Waals surface area contributed by atoms with Crippen molar-refractivity contribution in [1.29, 1.82) is 0 Å². The maximum atomic E-state index is 12.1. The van der Waals surface area contributed by atoms with E-state index < -0.39 is 5.97 Å². The van der Waals surface area contributed by atoms with Gasteiger partial charge in [0.25, 0.3) is 0 Å². The van der Waals surface area contributed by atoms with Crippen LogP contribution in [0.2, 0.25) is 0 Å².